The molecular weight excluding hydrogens is 464 g/mol. The molecular formula is C29H36N6O2. The normalized spacial score (nSPS) is 13.2. The fourth-order valence-electron chi connectivity index (χ4n) is 4.29. The van der Waals surface area contributed by atoms with Crippen LogP contribution in [0.15, 0.2) is 67.4 Å². The zero-order valence-corrected chi connectivity index (χ0v) is 22.5. The van der Waals surface area contributed by atoms with Gasteiger partial charge in [0.15, 0.2) is 0 Å². The van der Waals surface area contributed by atoms with Crippen LogP contribution in [-0.2, 0) is 11.8 Å². The number of pyridine rings is 1. The molecule has 1 aromatic carbocycles. The minimum atomic E-state index is -0.517. The van der Waals surface area contributed by atoms with Gasteiger partial charge in [0, 0.05) is 53.9 Å². The van der Waals surface area contributed by atoms with Crippen molar-refractivity contribution in [2.45, 2.75) is 65.1 Å². The van der Waals surface area contributed by atoms with Gasteiger partial charge in [-0.25, -0.2) is 4.79 Å². The van der Waals surface area contributed by atoms with Gasteiger partial charge in [0.05, 0.1) is 24.1 Å². The summed E-state index contributed by atoms with van der Waals surface area (Å²) in [7, 11) is 1.92. The molecule has 0 fully saturated rings. The second-order valence-corrected chi connectivity index (χ2v) is 10.5. The summed E-state index contributed by atoms with van der Waals surface area (Å²) >= 11 is 0. The number of carbonyl (C=O) groups is 1. The summed E-state index contributed by atoms with van der Waals surface area (Å²) < 4.78 is 9.16. The molecule has 0 saturated heterocycles. The van der Waals surface area contributed by atoms with Crippen LogP contribution in [0.1, 0.15) is 53.5 Å². The predicted octanol–water partition coefficient (Wildman–Crippen LogP) is 6.27. The molecule has 0 bridgehead atoms. The van der Waals surface area contributed by atoms with E-state index in [9.17, 15) is 4.79 Å². The van der Waals surface area contributed by atoms with E-state index >= 15 is 0 Å². The Bertz CT molecular complexity index is 1330. The molecule has 194 valence electrons. The summed E-state index contributed by atoms with van der Waals surface area (Å²) in [6, 6.07) is 12.6. The van der Waals surface area contributed by atoms with Crippen LogP contribution in [0.2, 0.25) is 0 Å². The van der Waals surface area contributed by atoms with E-state index in [0.717, 1.165) is 46.4 Å². The van der Waals surface area contributed by atoms with Crippen LogP contribution in [0.4, 0.5) is 4.79 Å². The van der Waals surface area contributed by atoms with Crippen LogP contribution in [0.3, 0.4) is 0 Å². The van der Waals surface area contributed by atoms with Gasteiger partial charge in [-0.3, -0.25) is 14.3 Å². The molecule has 3 aromatic heterocycles. The third kappa shape index (κ3) is 6.84. The molecule has 3 heterocycles. The number of nitrogens with zero attached hydrogens (tertiary/aromatic N) is 5. The molecule has 0 spiro atoms. The molecule has 4 rings (SSSR count). The van der Waals surface area contributed by atoms with E-state index in [-0.39, 0.29) is 12.1 Å². The van der Waals surface area contributed by atoms with E-state index in [2.05, 4.69) is 46.7 Å². The number of nitrogens with one attached hydrogen (secondary N) is 1. The van der Waals surface area contributed by atoms with Crippen LogP contribution in [0.25, 0.3) is 33.5 Å². The van der Waals surface area contributed by atoms with E-state index in [1.54, 1.807) is 4.68 Å². The monoisotopic (exact) mass is 500 g/mol. The number of benzene rings is 1. The van der Waals surface area contributed by atoms with E-state index in [4.69, 9.17) is 9.72 Å². The predicted molar refractivity (Wildman–Crippen MR) is 146 cm³/mol. The molecule has 8 heteroatoms. The lowest BCUT2D eigenvalue weighted by Crippen LogP contribution is -2.38. The standard InChI is InChI=1S/C29H36N6O2/c1-7-26(13-20(2)33-28(36)37-29(3,4)5)35-19-25(17-32-35)23-11-12-27(30-15-23)22-10-8-9-21(14-22)24-16-31-34(6)18-24/h8-12,14-20,26H,7,13H2,1-6H3,(H,33,36). The smallest absolute Gasteiger partial charge is 0.407 e. The lowest BCUT2D eigenvalue weighted by atomic mass is 10.0. The third-order valence-corrected chi connectivity index (χ3v) is 6.13. The summed E-state index contributed by atoms with van der Waals surface area (Å²) in [4.78, 5) is 16.9. The number of alkyl carbamates (subject to hydrolysis) is 1. The van der Waals surface area contributed by atoms with Crippen molar-refractivity contribution >= 4 is 6.09 Å². The van der Waals surface area contributed by atoms with Crippen molar-refractivity contribution in [1.82, 2.24) is 29.9 Å². The average Bonchev–Trinajstić information content (AvgIpc) is 3.51. The number of aromatic nitrogens is 5. The van der Waals surface area contributed by atoms with E-state index in [1.165, 1.54) is 0 Å². The van der Waals surface area contributed by atoms with Gasteiger partial charge in [0.25, 0.3) is 0 Å². The Morgan fingerprint density at radius 2 is 1.70 bits per heavy atom. The van der Waals surface area contributed by atoms with Gasteiger partial charge in [-0.2, -0.15) is 10.2 Å². The molecule has 37 heavy (non-hydrogen) atoms. The Morgan fingerprint density at radius 1 is 0.973 bits per heavy atom. The third-order valence-electron chi connectivity index (χ3n) is 6.13. The van der Waals surface area contributed by atoms with Crippen LogP contribution < -0.4 is 5.32 Å². The zero-order chi connectivity index (χ0) is 26.6. The van der Waals surface area contributed by atoms with Crippen molar-refractivity contribution in [2.75, 3.05) is 0 Å². The van der Waals surface area contributed by atoms with Gasteiger partial charge in [-0.15, -0.1) is 0 Å². The first-order valence-corrected chi connectivity index (χ1v) is 12.7. The maximum absolute atomic E-state index is 12.1. The molecule has 0 radical (unpaired) electrons. The molecule has 2 unspecified atom stereocenters. The van der Waals surface area contributed by atoms with Gasteiger partial charge in [-0.05, 0) is 58.2 Å². The Labute approximate surface area is 218 Å². The summed E-state index contributed by atoms with van der Waals surface area (Å²) in [5.41, 5.74) is 5.66. The number of ether oxygens (including phenoxy) is 1. The van der Waals surface area contributed by atoms with E-state index < -0.39 is 11.7 Å². The van der Waals surface area contributed by atoms with Crippen molar-refractivity contribution in [1.29, 1.82) is 0 Å². The van der Waals surface area contributed by atoms with E-state index in [0.29, 0.717) is 0 Å². The lowest BCUT2D eigenvalue weighted by molar-refractivity contribution is 0.0502. The highest BCUT2D eigenvalue weighted by atomic mass is 16.6. The highest BCUT2D eigenvalue weighted by molar-refractivity contribution is 5.72. The van der Waals surface area contributed by atoms with Crippen LogP contribution in [0, 0.1) is 0 Å². The Hall–Kier alpha value is -3.94. The van der Waals surface area contributed by atoms with Crippen molar-refractivity contribution in [3.05, 3.63) is 67.4 Å². The number of aryl methyl sites for hydroxylation is 1. The van der Waals surface area contributed by atoms with E-state index in [1.807, 2.05) is 82.5 Å². The van der Waals surface area contributed by atoms with Crippen LogP contribution in [0.5, 0.6) is 0 Å². The molecule has 0 aliphatic rings. The Morgan fingerprint density at radius 3 is 2.35 bits per heavy atom. The largest absolute Gasteiger partial charge is 0.444 e. The molecule has 8 nitrogen and oxygen atoms in total. The minimum Gasteiger partial charge on any atom is -0.444 e. The van der Waals surface area contributed by atoms with Crippen molar-refractivity contribution < 1.29 is 9.53 Å². The summed E-state index contributed by atoms with van der Waals surface area (Å²) in [5.74, 6) is 0. The van der Waals surface area contributed by atoms with Gasteiger partial charge >= 0.3 is 6.09 Å². The number of hydrogen-bond donors (Lipinski definition) is 1. The molecule has 4 aromatic rings. The zero-order valence-electron chi connectivity index (χ0n) is 22.5. The first kappa shape index (κ1) is 26.1. The van der Waals surface area contributed by atoms with Crippen molar-refractivity contribution in [3.63, 3.8) is 0 Å². The highest BCUT2D eigenvalue weighted by Crippen LogP contribution is 2.28. The second-order valence-electron chi connectivity index (χ2n) is 10.5. The number of amides is 1. The fourth-order valence-corrected chi connectivity index (χ4v) is 4.29. The number of carbonyl (C=O) groups excluding carboxylic acids is 1. The highest BCUT2D eigenvalue weighted by Gasteiger charge is 2.20. The quantitative estimate of drug-likeness (QED) is 0.308. The average molecular weight is 501 g/mol. The first-order chi connectivity index (χ1) is 17.6. The number of hydrogen-bond acceptors (Lipinski definition) is 5. The van der Waals surface area contributed by atoms with Crippen molar-refractivity contribution in [2.24, 2.45) is 7.05 Å². The van der Waals surface area contributed by atoms with Gasteiger partial charge in [0.2, 0.25) is 0 Å². The topological polar surface area (TPSA) is 86.9 Å². The SMILES string of the molecule is CCC(CC(C)NC(=O)OC(C)(C)C)n1cc(-c2ccc(-c3cccc(-c4cnn(C)c4)c3)nc2)cn1. The molecule has 1 amide bonds. The number of rotatable bonds is 8. The Kier molecular flexibility index (Phi) is 7.76. The van der Waals surface area contributed by atoms with Crippen LogP contribution >= 0.6 is 0 Å². The first-order valence-electron chi connectivity index (χ1n) is 12.7. The summed E-state index contributed by atoms with van der Waals surface area (Å²) in [6.07, 6.45) is 10.9. The molecule has 0 aliphatic heterocycles. The molecule has 0 aliphatic carbocycles. The maximum atomic E-state index is 12.1. The molecule has 0 saturated carbocycles. The summed E-state index contributed by atoms with van der Waals surface area (Å²) in [6.45, 7) is 9.69. The minimum absolute atomic E-state index is 0.0455. The van der Waals surface area contributed by atoms with Gasteiger partial charge in [-0.1, -0.05) is 31.2 Å². The Balaban J connectivity index is 1.43. The fraction of sp³-hybridized carbons (Fsp3) is 0.379. The second kappa shape index (κ2) is 11.0. The molecule has 2 atom stereocenters. The summed E-state index contributed by atoms with van der Waals surface area (Å²) in [5, 5.41) is 11.8. The molecule has 1 N–H and O–H groups in total. The van der Waals surface area contributed by atoms with Crippen LogP contribution in [-0.4, -0.2) is 42.3 Å². The van der Waals surface area contributed by atoms with Gasteiger partial charge < -0.3 is 10.1 Å². The van der Waals surface area contributed by atoms with Gasteiger partial charge in [0.1, 0.15) is 5.60 Å². The lowest BCUT2D eigenvalue weighted by Gasteiger charge is -2.24. The maximum Gasteiger partial charge on any atom is 0.407 e. The van der Waals surface area contributed by atoms with Crippen molar-refractivity contribution in [3.8, 4) is 33.5 Å².